The SMILES string of the molecule is CCOC(=O)C1CCCN(C(=O)NCOc2ccc(C)cc2C)C1. The van der Waals surface area contributed by atoms with Crippen molar-refractivity contribution in [2.24, 2.45) is 5.92 Å². The Hall–Kier alpha value is -2.24. The highest BCUT2D eigenvalue weighted by Gasteiger charge is 2.29. The van der Waals surface area contributed by atoms with Gasteiger partial charge in [-0.2, -0.15) is 0 Å². The lowest BCUT2D eigenvalue weighted by atomic mass is 9.98. The van der Waals surface area contributed by atoms with Gasteiger partial charge in [0.1, 0.15) is 5.75 Å². The van der Waals surface area contributed by atoms with E-state index < -0.39 is 0 Å². The molecule has 0 aromatic heterocycles. The van der Waals surface area contributed by atoms with Gasteiger partial charge in [0.25, 0.3) is 0 Å². The maximum absolute atomic E-state index is 12.2. The van der Waals surface area contributed by atoms with E-state index in [9.17, 15) is 9.59 Å². The van der Waals surface area contributed by atoms with Crippen LogP contribution in [0.1, 0.15) is 30.9 Å². The number of carbonyl (C=O) groups is 2. The van der Waals surface area contributed by atoms with Gasteiger partial charge in [0.2, 0.25) is 0 Å². The smallest absolute Gasteiger partial charge is 0.320 e. The van der Waals surface area contributed by atoms with E-state index in [1.165, 1.54) is 5.56 Å². The van der Waals surface area contributed by atoms with Crippen LogP contribution in [0.4, 0.5) is 4.79 Å². The fourth-order valence-corrected chi connectivity index (χ4v) is 2.86. The van der Waals surface area contributed by atoms with Gasteiger partial charge in [0, 0.05) is 13.1 Å². The maximum atomic E-state index is 12.2. The molecule has 6 nitrogen and oxygen atoms in total. The highest BCUT2D eigenvalue weighted by molar-refractivity contribution is 5.77. The lowest BCUT2D eigenvalue weighted by Crippen LogP contribution is -2.48. The van der Waals surface area contributed by atoms with Crippen molar-refractivity contribution in [3.63, 3.8) is 0 Å². The minimum atomic E-state index is -0.232. The van der Waals surface area contributed by atoms with E-state index in [-0.39, 0.29) is 24.6 Å². The van der Waals surface area contributed by atoms with Crippen molar-refractivity contribution in [2.75, 3.05) is 26.4 Å². The molecule has 1 aromatic carbocycles. The normalized spacial score (nSPS) is 17.3. The number of aryl methyl sites for hydroxylation is 2. The molecule has 2 rings (SSSR count). The number of hydrogen-bond acceptors (Lipinski definition) is 4. The van der Waals surface area contributed by atoms with Gasteiger partial charge in [-0.25, -0.2) is 4.79 Å². The Kier molecular flexibility index (Phi) is 6.46. The first-order valence-corrected chi connectivity index (χ1v) is 8.40. The number of nitrogens with one attached hydrogen (secondary N) is 1. The van der Waals surface area contributed by atoms with Crippen molar-refractivity contribution in [2.45, 2.75) is 33.6 Å². The Morgan fingerprint density at radius 2 is 2.12 bits per heavy atom. The van der Waals surface area contributed by atoms with Crippen LogP contribution in [0.2, 0.25) is 0 Å². The zero-order chi connectivity index (χ0) is 17.5. The molecule has 1 aliphatic heterocycles. The Bertz CT molecular complexity index is 588. The van der Waals surface area contributed by atoms with Crippen molar-refractivity contribution in [3.05, 3.63) is 29.3 Å². The van der Waals surface area contributed by atoms with Gasteiger partial charge in [0.05, 0.1) is 12.5 Å². The Morgan fingerprint density at radius 1 is 1.33 bits per heavy atom. The van der Waals surface area contributed by atoms with Crippen molar-refractivity contribution >= 4 is 12.0 Å². The first kappa shape index (κ1) is 18.1. The highest BCUT2D eigenvalue weighted by Crippen LogP contribution is 2.19. The third-order valence-electron chi connectivity index (χ3n) is 4.11. The molecule has 1 heterocycles. The zero-order valence-electron chi connectivity index (χ0n) is 14.6. The molecule has 1 aliphatic rings. The topological polar surface area (TPSA) is 67.9 Å². The number of likely N-dealkylation sites (tertiary alicyclic amines) is 1. The Balaban J connectivity index is 1.80. The molecule has 0 aliphatic carbocycles. The second-order valence-electron chi connectivity index (χ2n) is 6.08. The van der Waals surface area contributed by atoms with Gasteiger partial charge in [-0.05, 0) is 45.2 Å². The summed E-state index contributed by atoms with van der Waals surface area (Å²) in [6.45, 7) is 7.29. The summed E-state index contributed by atoms with van der Waals surface area (Å²) in [6, 6.07) is 5.69. The van der Waals surface area contributed by atoms with Crippen molar-refractivity contribution < 1.29 is 19.1 Å². The summed E-state index contributed by atoms with van der Waals surface area (Å²) in [5, 5.41) is 2.75. The molecule has 1 saturated heterocycles. The van der Waals surface area contributed by atoms with Crippen LogP contribution >= 0.6 is 0 Å². The molecule has 0 saturated carbocycles. The first-order chi connectivity index (χ1) is 11.5. The highest BCUT2D eigenvalue weighted by atomic mass is 16.5. The molecule has 1 aromatic rings. The second kappa shape index (κ2) is 8.57. The van der Waals surface area contributed by atoms with Crippen LogP contribution in [-0.2, 0) is 9.53 Å². The lowest BCUT2D eigenvalue weighted by molar-refractivity contribution is -0.149. The Morgan fingerprint density at radius 3 is 2.83 bits per heavy atom. The molecular formula is C18H26N2O4. The number of amides is 2. The average Bonchev–Trinajstić information content (AvgIpc) is 2.57. The summed E-state index contributed by atoms with van der Waals surface area (Å²) in [6.07, 6.45) is 1.57. The molecule has 2 amide bonds. The molecule has 6 heteroatoms. The standard InChI is InChI=1S/C18H26N2O4/c1-4-23-17(21)15-6-5-9-20(11-15)18(22)19-12-24-16-8-7-13(2)10-14(16)3/h7-8,10,15H,4-6,9,11-12H2,1-3H3,(H,19,22). The first-order valence-electron chi connectivity index (χ1n) is 8.40. The van der Waals surface area contributed by atoms with Crippen LogP contribution in [0.15, 0.2) is 18.2 Å². The van der Waals surface area contributed by atoms with Crippen LogP contribution in [0.25, 0.3) is 0 Å². The molecule has 1 N–H and O–H groups in total. The fraction of sp³-hybridized carbons (Fsp3) is 0.556. The third-order valence-corrected chi connectivity index (χ3v) is 4.11. The van der Waals surface area contributed by atoms with Gasteiger partial charge in [0.15, 0.2) is 6.73 Å². The van der Waals surface area contributed by atoms with Crippen LogP contribution in [0.3, 0.4) is 0 Å². The number of benzene rings is 1. The number of urea groups is 1. The monoisotopic (exact) mass is 334 g/mol. The number of rotatable bonds is 5. The van der Waals surface area contributed by atoms with E-state index in [1.807, 2.05) is 32.0 Å². The van der Waals surface area contributed by atoms with E-state index in [1.54, 1.807) is 11.8 Å². The summed E-state index contributed by atoms with van der Waals surface area (Å²) in [4.78, 5) is 25.7. The molecule has 132 valence electrons. The summed E-state index contributed by atoms with van der Waals surface area (Å²) >= 11 is 0. The second-order valence-corrected chi connectivity index (χ2v) is 6.08. The van der Waals surface area contributed by atoms with Crippen LogP contribution in [0.5, 0.6) is 5.75 Å². The summed E-state index contributed by atoms with van der Waals surface area (Å²) in [7, 11) is 0. The minimum Gasteiger partial charge on any atom is -0.473 e. The molecule has 1 unspecified atom stereocenters. The molecule has 1 fully saturated rings. The molecule has 0 spiro atoms. The van der Waals surface area contributed by atoms with Crippen molar-refractivity contribution in [1.29, 1.82) is 0 Å². The van der Waals surface area contributed by atoms with Crippen LogP contribution < -0.4 is 10.1 Å². The van der Waals surface area contributed by atoms with Gasteiger partial charge < -0.3 is 19.7 Å². The van der Waals surface area contributed by atoms with E-state index in [0.717, 1.165) is 24.2 Å². The number of hydrogen-bond donors (Lipinski definition) is 1. The largest absolute Gasteiger partial charge is 0.473 e. The molecule has 0 bridgehead atoms. The van der Waals surface area contributed by atoms with Gasteiger partial charge in [-0.3, -0.25) is 4.79 Å². The summed E-state index contributed by atoms with van der Waals surface area (Å²) in [5.74, 6) is 0.301. The summed E-state index contributed by atoms with van der Waals surface area (Å²) in [5.41, 5.74) is 2.20. The number of carbonyl (C=O) groups excluding carboxylic acids is 2. The Labute approximate surface area is 143 Å². The average molecular weight is 334 g/mol. The fourth-order valence-electron chi connectivity index (χ4n) is 2.86. The van der Waals surface area contributed by atoms with Gasteiger partial charge in [-0.15, -0.1) is 0 Å². The number of piperidine rings is 1. The predicted molar refractivity (Wildman–Crippen MR) is 90.9 cm³/mol. The predicted octanol–water partition coefficient (Wildman–Crippen LogP) is 2.62. The molecular weight excluding hydrogens is 308 g/mol. The molecule has 0 radical (unpaired) electrons. The van der Waals surface area contributed by atoms with E-state index >= 15 is 0 Å². The lowest BCUT2D eigenvalue weighted by Gasteiger charge is -2.31. The van der Waals surface area contributed by atoms with Crippen LogP contribution in [0, 0.1) is 19.8 Å². The van der Waals surface area contributed by atoms with Gasteiger partial charge >= 0.3 is 12.0 Å². The zero-order valence-corrected chi connectivity index (χ0v) is 14.6. The number of nitrogens with zero attached hydrogens (tertiary/aromatic N) is 1. The number of ether oxygens (including phenoxy) is 2. The maximum Gasteiger partial charge on any atom is 0.320 e. The van der Waals surface area contributed by atoms with E-state index in [0.29, 0.717) is 19.7 Å². The van der Waals surface area contributed by atoms with Crippen molar-refractivity contribution in [3.8, 4) is 5.75 Å². The van der Waals surface area contributed by atoms with Crippen LogP contribution in [-0.4, -0.2) is 43.3 Å². The van der Waals surface area contributed by atoms with E-state index in [2.05, 4.69) is 5.32 Å². The summed E-state index contributed by atoms with van der Waals surface area (Å²) < 4.78 is 10.7. The molecule has 24 heavy (non-hydrogen) atoms. The number of esters is 1. The molecule has 1 atom stereocenters. The van der Waals surface area contributed by atoms with Gasteiger partial charge in [-0.1, -0.05) is 17.7 Å². The third kappa shape index (κ3) is 4.88. The van der Waals surface area contributed by atoms with Crippen molar-refractivity contribution in [1.82, 2.24) is 10.2 Å². The van der Waals surface area contributed by atoms with E-state index in [4.69, 9.17) is 9.47 Å². The quantitative estimate of drug-likeness (QED) is 0.664. The minimum absolute atomic E-state index is 0.101.